The minimum atomic E-state index is -4.10. The highest BCUT2D eigenvalue weighted by Crippen LogP contribution is 2.34. The number of thiophene rings is 2. The summed E-state index contributed by atoms with van der Waals surface area (Å²) in [5, 5.41) is 8.70. The summed E-state index contributed by atoms with van der Waals surface area (Å²) in [6, 6.07) is 21.4. The first-order valence-corrected chi connectivity index (χ1v) is 26.9. The van der Waals surface area contributed by atoms with Crippen LogP contribution in [-0.2, 0) is 53.6 Å². The lowest BCUT2D eigenvalue weighted by molar-refractivity contribution is -0.118. The molecule has 8 amide bonds. The van der Waals surface area contributed by atoms with Crippen molar-refractivity contribution >= 4 is 136 Å². The first kappa shape index (κ1) is 49.8. The van der Waals surface area contributed by atoms with Gasteiger partial charge in [-0.15, -0.1) is 22.7 Å². The summed E-state index contributed by atoms with van der Waals surface area (Å²) in [5.41, 5.74) is 6.14. The number of halogens is 2. The van der Waals surface area contributed by atoms with E-state index in [9.17, 15) is 45.6 Å². The van der Waals surface area contributed by atoms with Crippen LogP contribution in [-0.4, -0.2) is 78.1 Å². The van der Waals surface area contributed by atoms with E-state index in [2.05, 4.69) is 20.9 Å². The quantitative estimate of drug-likeness (QED) is 0.0875. The van der Waals surface area contributed by atoms with E-state index >= 15 is 0 Å². The third kappa shape index (κ3) is 10.3. The van der Waals surface area contributed by atoms with Crippen LogP contribution >= 0.6 is 45.9 Å². The van der Waals surface area contributed by atoms with Crippen LogP contribution in [0.2, 0.25) is 10.0 Å². The molecular weight excluding hydrogens is 1050 g/mol. The van der Waals surface area contributed by atoms with Crippen molar-refractivity contribution in [2.45, 2.75) is 41.5 Å². The molecule has 4 aliphatic heterocycles. The Morgan fingerprint density at radius 2 is 1.15 bits per heavy atom. The fourth-order valence-electron chi connectivity index (χ4n) is 7.98. The Morgan fingerprint density at radius 1 is 0.653 bits per heavy atom. The Labute approximate surface area is 429 Å². The van der Waals surface area contributed by atoms with Gasteiger partial charge in [-0.3, -0.25) is 19.2 Å². The molecule has 5 N–H and O–H groups in total. The molecule has 0 bridgehead atoms. The van der Waals surface area contributed by atoms with Gasteiger partial charge in [-0.1, -0.05) is 23.2 Å². The van der Waals surface area contributed by atoms with Crippen molar-refractivity contribution in [3.63, 3.8) is 0 Å². The molecule has 4 aliphatic rings. The molecule has 0 atom stereocenters. The fraction of sp³-hybridized carbons (Fsp3) is 0.170. The van der Waals surface area contributed by atoms with Crippen LogP contribution < -0.4 is 35.2 Å². The largest absolute Gasteiger partial charge is 0.476 e. The number of hydrogen-bond acceptors (Lipinski definition) is 15. The number of imide groups is 2. The summed E-state index contributed by atoms with van der Waals surface area (Å²) in [5.74, 6) is -1.13. The highest BCUT2D eigenvalue weighted by atomic mass is 35.5. The zero-order valence-electron chi connectivity index (χ0n) is 37.6. The zero-order chi connectivity index (χ0) is 51.2. The highest BCUT2D eigenvalue weighted by Gasteiger charge is 2.35. The summed E-state index contributed by atoms with van der Waals surface area (Å²) in [6.07, 6.45) is 0.943. The molecule has 0 saturated carbocycles. The zero-order valence-corrected chi connectivity index (χ0v) is 42.4. The van der Waals surface area contributed by atoms with Crippen LogP contribution in [0.4, 0.5) is 38.0 Å². The molecule has 2 aromatic heterocycles. The van der Waals surface area contributed by atoms with Gasteiger partial charge in [-0.25, -0.2) is 50.7 Å². The molecular formula is C47H38Cl2N8O11S4. The maximum atomic E-state index is 13.1. The first-order valence-electron chi connectivity index (χ1n) is 21.6. The molecule has 0 aliphatic carbocycles. The molecule has 6 heterocycles. The third-order valence-electron chi connectivity index (χ3n) is 11.4. The Bertz CT molecular complexity index is 3510. The lowest BCUT2D eigenvalue weighted by atomic mass is 9.94. The normalized spacial score (nSPS) is 15.0. The minimum absolute atomic E-state index is 0.0225. The first-order chi connectivity index (χ1) is 34.2. The number of nitrogens with one attached hydrogen (secondary N) is 5. The maximum Gasteiger partial charge on any atom is 0.333 e. The number of sulfonamides is 2. The van der Waals surface area contributed by atoms with Gasteiger partial charge in [0.25, 0.3) is 31.9 Å². The van der Waals surface area contributed by atoms with Crippen LogP contribution in [0.15, 0.2) is 104 Å². The molecule has 370 valence electrons. The van der Waals surface area contributed by atoms with Gasteiger partial charge in [0, 0.05) is 50.1 Å². The number of ether oxygens (including phenoxy) is 1. The smallest absolute Gasteiger partial charge is 0.333 e. The number of urea groups is 2. The van der Waals surface area contributed by atoms with Crippen molar-refractivity contribution in [2.24, 2.45) is 4.99 Å². The second-order valence-electron chi connectivity index (χ2n) is 16.3. The average molecular weight is 1090 g/mol. The van der Waals surface area contributed by atoms with Crippen molar-refractivity contribution in [1.29, 1.82) is 0 Å². The molecule has 19 nitrogen and oxygen atoms in total. The van der Waals surface area contributed by atoms with E-state index in [4.69, 9.17) is 27.9 Å². The fourth-order valence-corrected chi connectivity index (χ4v) is 13.2. The number of rotatable bonds is 9. The number of anilines is 5. The molecule has 25 heteroatoms. The number of carbonyl (C=O) groups is 6. The van der Waals surface area contributed by atoms with Crippen molar-refractivity contribution in [1.82, 2.24) is 9.44 Å². The number of aliphatic imine (C=N–C) groups is 1. The monoisotopic (exact) mass is 1090 g/mol. The number of amides is 8. The van der Waals surface area contributed by atoms with E-state index in [0.717, 1.165) is 62.3 Å². The van der Waals surface area contributed by atoms with Crippen molar-refractivity contribution in [3.8, 4) is 0 Å². The molecule has 0 fully saturated rings. The van der Waals surface area contributed by atoms with Gasteiger partial charge in [-0.2, -0.15) is 0 Å². The SMILES string of the molecule is Cc1sc(S(=O)(=O)NC(=O)Nc2ccc(N3C(=O)Cc4cc(C5=NCCO5)ccc4C3=O)cc2)cc1Cl.Cc1sc(S(=O)(=O)NC(=O)Nc2ccc(N3C(=O)Cc4cc5c(cc4C3=O)CCN5)cc2)cc1Cl. The molecule has 0 saturated heterocycles. The molecule has 6 aromatic rings. The van der Waals surface area contributed by atoms with E-state index in [-0.39, 0.29) is 38.5 Å². The van der Waals surface area contributed by atoms with Gasteiger partial charge in [0.15, 0.2) is 0 Å². The van der Waals surface area contributed by atoms with Gasteiger partial charge >= 0.3 is 12.1 Å². The summed E-state index contributed by atoms with van der Waals surface area (Å²) < 4.78 is 58.8. The van der Waals surface area contributed by atoms with Gasteiger partial charge < -0.3 is 20.7 Å². The van der Waals surface area contributed by atoms with E-state index in [1.807, 2.05) is 21.6 Å². The average Bonchev–Trinajstić information content (AvgIpc) is 4.16. The maximum absolute atomic E-state index is 13.1. The standard InChI is InChI=1S/C24H19ClN4O6S2.C23H19ClN4O5S2/c1-13-19(25)12-21(36-13)37(33,34)28-24(32)27-16-3-5-17(6-4-16)29-20(30)11-15-10-14(22-26-8-9-35-22)2-7-18(15)23(29)31;1-12-18(24)11-21(34-12)35(32,33)27-23(31)26-15-2-4-16(5-3-15)28-20(29)10-14-9-19-13(6-7-25-19)8-17(14)22(28)30/h2-7,10,12H,8-9,11H2,1H3,(H2,27,28,32);2-5,8-9,11,25H,6-7,10H2,1H3,(H2,26,27,31). The van der Waals surface area contributed by atoms with Gasteiger partial charge in [0.05, 0.1) is 40.8 Å². The van der Waals surface area contributed by atoms with Crippen LogP contribution in [0, 0.1) is 13.8 Å². The number of aryl methyl sites for hydroxylation is 2. The number of carbonyl (C=O) groups excluding carboxylic acids is 6. The lowest BCUT2D eigenvalue weighted by Crippen LogP contribution is -2.42. The van der Waals surface area contributed by atoms with E-state index < -0.39 is 49.8 Å². The van der Waals surface area contributed by atoms with Crippen molar-refractivity contribution in [2.75, 3.05) is 45.4 Å². The van der Waals surface area contributed by atoms with Gasteiger partial charge in [0.1, 0.15) is 15.0 Å². The van der Waals surface area contributed by atoms with Crippen LogP contribution in [0.25, 0.3) is 0 Å². The molecule has 72 heavy (non-hydrogen) atoms. The number of hydrogen-bond donors (Lipinski definition) is 5. The second-order valence-corrected chi connectivity index (χ2v) is 23.5. The lowest BCUT2D eigenvalue weighted by Gasteiger charge is -2.27. The van der Waals surface area contributed by atoms with Crippen molar-refractivity contribution < 1.29 is 50.3 Å². The topological polar surface area (TPSA) is 259 Å². The summed E-state index contributed by atoms with van der Waals surface area (Å²) >= 11 is 13.7. The van der Waals surface area contributed by atoms with E-state index in [0.29, 0.717) is 72.5 Å². The number of benzene rings is 4. The summed E-state index contributed by atoms with van der Waals surface area (Å²) in [7, 11) is -8.18. The minimum Gasteiger partial charge on any atom is -0.476 e. The van der Waals surface area contributed by atoms with Gasteiger partial charge in [0.2, 0.25) is 17.7 Å². The number of nitrogens with zero attached hydrogens (tertiary/aromatic N) is 3. The molecule has 10 rings (SSSR count). The Morgan fingerprint density at radius 3 is 1.62 bits per heavy atom. The predicted octanol–water partition coefficient (Wildman–Crippen LogP) is 7.64. The molecule has 0 spiro atoms. The van der Waals surface area contributed by atoms with E-state index in [1.165, 1.54) is 60.7 Å². The van der Waals surface area contributed by atoms with Crippen LogP contribution in [0.3, 0.4) is 0 Å². The second kappa shape index (κ2) is 19.8. The van der Waals surface area contributed by atoms with Crippen LogP contribution in [0.1, 0.15) is 52.7 Å². The highest BCUT2D eigenvalue weighted by molar-refractivity contribution is 7.92. The molecule has 0 unspecified atom stereocenters. The van der Waals surface area contributed by atoms with E-state index in [1.54, 1.807) is 32.0 Å². The summed E-state index contributed by atoms with van der Waals surface area (Å²) in [6.45, 7) is 5.22. The summed E-state index contributed by atoms with van der Waals surface area (Å²) in [4.78, 5) is 84.1. The molecule has 0 radical (unpaired) electrons. The number of fused-ring (bicyclic) bond motifs is 3. The Balaban J connectivity index is 0.000000178. The van der Waals surface area contributed by atoms with Crippen molar-refractivity contribution in [3.05, 3.63) is 144 Å². The van der Waals surface area contributed by atoms with Crippen LogP contribution in [0.5, 0.6) is 0 Å². The Kier molecular flexibility index (Phi) is 13.7. The van der Waals surface area contributed by atoms with Gasteiger partial charge in [-0.05, 0) is 128 Å². The third-order valence-corrected chi connectivity index (χ3v) is 18.2. The Hall–Kier alpha value is -7.15. The predicted molar refractivity (Wildman–Crippen MR) is 273 cm³/mol. The molecule has 4 aromatic carbocycles.